The molecule has 2 aromatic carbocycles. The lowest BCUT2D eigenvalue weighted by atomic mass is 9.80. The van der Waals surface area contributed by atoms with Gasteiger partial charge in [0.05, 0.1) is 4.90 Å². The van der Waals surface area contributed by atoms with E-state index < -0.39 is 32.6 Å². The van der Waals surface area contributed by atoms with Gasteiger partial charge in [-0.05, 0) is 30.7 Å². The van der Waals surface area contributed by atoms with E-state index in [-0.39, 0.29) is 4.90 Å². The zero-order valence-corrected chi connectivity index (χ0v) is 14.9. The van der Waals surface area contributed by atoms with Crippen molar-refractivity contribution in [2.75, 3.05) is 7.05 Å². The van der Waals surface area contributed by atoms with Gasteiger partial charge in [-0.1, -0.05) is 36.4 Å². The quantitative estimate of drug-likeness (QED) is 0.829. The van der Waals surface area contributed by atoms with Gasteiger partial charge in [-0.25, -0.2) is 8.42 Å². The van der Waals surface area contributed by atoms with Gasteiger partial charge in [0.2, 0.25) is 5.91 Å². The van der Waals surface area contributed by atoms with E-state index in [9.17, 15) is 13.2 Å². The summed E-state index contributed by atoms with van der Waals surface area (Å²) in [6.07, 6.45) is 0.447. The van der Waals surface area contributed by atoms with Crippen LogP contribution in [0, 0.1) is 0 Å². The standard InChI is InChI=1S/C19H19NO4S/c1-19-12-15(14-10-6-7-11-16(14)24-19)17(18(21)20(19)2)25(22,23)13-8-4-3-5-9-13/h3-11,15,17H,12H2,1-2H3/t15-,17-,19-/m0/s1. The average molecular weight is 357 g/mol. The summed E-state index contributed by atoms with van der Waals surface area (Å²) in [4.78, 5) is 14.7. The van der Waals surface area contributed by atoms with Gasteiger partial charge in [0.1, 0.15) is 5.75 Å². The molecule has 0 saturated carbocycles. The Bertz CT molecular complexity index is 941. The van der Waals surface area contributed by atoms with Gasteiger partial charge < -0.3 is 9.64 Å². The van der Waals surface area contributed by atoms with Crippen LogP contribution in [-0.4, -0.2) is 37.2 Å². The second-order valence-electron chi connectivity index (χ2n) is 6.80. The van der Waals surface area contributed by atoms with Crippen LogP contribution in [0.3, 0.4) is 0 Å². The molecule has 3 atom stereocenters. The molecule has 5 nitrogen and oxygen atoms in total. The van der Waals surface area contributed by atoms with Crippen LogP contribution in [0.1, 0.15) is 24.8 Å². The first-order chi connectivity index (χ1) is 11.8. The van der Waals surface area contributed by atoms with Crippen molar-refractivity contribution in [2.45, 2.75) is 35.1 Å². The largest absolute Gasteiger partial charge is 0.468 e. The molecule has 0 spiro atoms. The zero-order chi connectivity index (χ0) is 17.8. The third-order valence-corrected chi connectivity index (χ3v) is 7.43. The van der Waals surface area contributed by atoms with Crippen molar-refractivity contribution in [2.24, 2.45) is 0 Å². The summed E-state index contributed by atoms with van der Waals surface area (Å²) in [5.74, 6) is -0.199. The SMILES string of the molecule is CN1C(=O)[C@@H](S(=O)(=O)c2ccccc2)[C@H]2C[C@]1(C)Oc1ccccc12. The van der Waals surface area contributed by atoms with Crippen molar-refractivity contribution in [1.82, 2.24) is 4.90 Å². The molecule has 1 saturated heterocycles. The number of hydrogen-bond donors (Lipinski definition) is 0. The highest BCUT2D eigenvalue weighted by Crippen LogP contribution is 2.49. The molecule has 6 heteroatoms. The highest BCUT2D eigenvalue weighted by molar-refractivity contribution is 7.92. The average Bonchev–Trinajstić information content (AvgIpc) is 2.60. The second-order valence-corrected chi connectivity index (χ2v) is 8.87. The van der Waals surface area contributed by atoms with Crippen molar-refractivity contribution in [3.63, 3.8) is 0 Å². The molecule has 25 heavy (non-hydrogen) atoms. The summed E-state index contributed by atoms with van der Waals surface area (Å²) < 4.78 is 32.6. The highest BCUT2D eigenvalue weighted by Gasteiger charge is 2.56. The summed E-state index contributed by atoms with van der Waals surface area (Å²) >= 11 is 0. The maximum atomic E-state index is 13.3. The van der Waals surface area contributed by atoms with E-state index in [1.807, 2.05) is 31.2 Å². The Morgan fingerprint density at radius 2 is 1.72 bits per heavy atom. The van der Waals surface area contributed by atoms with Crippen molar-refractivity contribution in [1.29, 1.82) is 0 Å². The van der Waals surface area contributed by atoms with Crippen molar-refractivity contribution >= 4 is 15.7 Å². The summed E-state index contributed by atoms with van der Waals surface area (Å²) in [6.45, 7) is 1.83. The third kappa shape index (κ3) is 2.28. The topological polar surface area (TPSA) is 63.7 Å². The predicted octanol–water partition coefficient (Wildman–Crippen LogP) is 2.58. The fourth-order valence-corrected chi connectivity index (χ4v) is 5.78. The van der Waals surface area contributed by atoms with Crippen molar-refractivity contribution in [3.8, 4) is 5.75 Å². The first-order valence-corrected chi connectivity index (χ1v) is 9.74. The fourth-order valence-electron chi connectivity index (χ4n) is 3.85. The van der Waals surface area contributed by atoms with Crippen molar-refractivity contribution < 1.29 is 17.9 Å². The maximum Gasteiger partial charge on any atom is 0.244 e. The number of hydrogen-bond acceptors (Lipinski definition) is 4. The molecule has 2 aliphatic heterocycles. The lowest BCUT2D eigenvalue weighted by molar-refractivity contribution is -0.159. The predicted molar refractivity (Wildman–Crippen MR) is 93.0 cm³/mol. The molecule has 1 amide bonds. The van der Waals surface area contributed by atoms with Crippen LogP contribution in [0.15, 0.2) is 59.5 Å². The molecule has 2 aliphatic rings. The third-order valence-electron chi connectivity index (χ3n) is 5.30. The summed E-state index contributed by atoms with van der Waals surface area (Å²) in [5, 5.41) is -1.14. The second kappa shape index (κ2) is 5.33. The van der Waals surface area contributed by atoms with E-state index in [1.165, 1.54) is 4.90 Å². The molecule has 2 bridgehead atoms. The van der Waals surface area contributed by atoms with Crippen LogP contribution in [0.2, 0.25) is 0 Å². The Morgan fingerprint density at radius 3 is 2.44 bits per heavy atom. The van der Waals surface area contributed by atoms with Crippen LogP contribution in [0.5, 0.6) is 5.75 Å². The van der Waals surface area contributed by atoms with E-state index in [2.05, 4.69) is 0 Å². The number of amides is 1. The summed E-state index contributed by atoms with van der Waals surface area (Å²) in [6, 6.07) is 15.6. The monoisotopic (exact) mass is 357 g/mol. The molecule has 1 fully saturated rings. The number of sulfone groups is 1. The van der Waals surface area contributed by atoms with Crippen LogP contribution in [0.4, 0.5) is 0 Å². The van der Waals surface area contributed by atoms with Gasteiger partial charge in [-0.15, -0.1) is 0 Å². The molecule has 0 N–H and O–H groups in total. The number of ether oxygens (including phenoxy) is 1. The number of likely N-dealkylation sites (tertiary alicyclic amines) is 1. The molecular formula is C19H19NO4S. The van der Waals surface area contributed by atoms with Gasteiger partial charge in [-0.3, -0.25) is 4.79 Å². The minimum Gasteiger partial charge on any atom is -0.468 e. The normalized spacial score (nSPS) is 28.2. The smallest absolute Gasteiger partial charge is 0.244 e. The lowest BCUT2D eigenvalue weighted by Crippen LogP contribution is -2.64. The first kappa shape index (κ1) is 16.1. The first-order valence-electron chi connectivity index (χ1n) is 8.19. The van der Waals surface area contributed by atoms with Gasteiger partial charge in [0.25, 0.3) is 0 Å². The van der Waals surface area contributed by atoms with Gasteiger partial charge >= 0.3 is 0 Å². The van der Waals surface area contributed by atoms with Gasteiger partial charge in [0.15, 0.2) is 20.8 Å². The molecule has 4 rings (SSSR count). The van der Waals surface area contributed by atoms with E-state index >= 15 is 0 Å². The van der Waals surface area contributed by atoms with Gasteiger partial charge in [-0.2, -0.15) is 0 Å². The molecule has 0 aliphatic carbocycles. The summed E-state index contributed by atoms with van der Waals surface area (Å²) in [7, 11) is -2.20. The van der Waals surface area contributed by atoms with Gasteiger partial charge in [0, 0.05) is 19.4 Å². The highest BCUT2D eigenvalue weighted by atomic mass is 32.2. The summed E-state index contributed by atoms with van der Waals surface area (Å²) in [5.41, 5.74) is -0.0512. The fraction of sp³-hybridized carbons (Fsp3) is 0.316. The van der Waals surface area contributed by atoms with Crippen molar-refractivity contribution in [3.05, 3.63) is 60.2 Å². The Balaban J connectivity index is 1.91. The number of fused-ring (bicyclic) bond motifs is 4. The molecule has 2 heterocycles. The molecule has 0 unspecified atom stereocenters. The molecule has 0 aromatic heterocycles. The molecule has 2 aromatic rings. The van der Waals surface area contributed by atoms with Crippen LogP contribution in [-0.2, 0) is 14.6 Å². The Labute approximate surface area is 147 Å². The molecule has 0 radical (unpaired) electrons. The lowest BCUT2D eigenvalue weighted by Gasteiger charge is -2.51. The number of carbonyl (C=O) groups is 1. The minimum absolute atomic E-state index is 0.175. The number of para-hydroxylation sites is 1. The number of carbonyl (C=O) groups excluding carboxylic acids is 1. The minimum atomic E-state index is -3.81. The Kier molecular flexibility index (Phi) is 3.44. The zero-order valence-electron chi connectivity index (χ0n) is 14.0. The van der Waals surface area contributed by atoms with Crippen LogP contribution >= 0.6 is 0 Å². The molecular weight excluding hydrogens is 338 g/mol. The Hall–Kier alpha value is -2.34. The number of nitrogens with zero attached hydrogens (tertiary/aromatic N) is 1. The van der Waals surface area contributed by atoms with Crippen LogP contribution < -0.4 is 4.74 Å². The Morgan fingerprint density at radius 1 is 1.08 bits per heavy atom. The van der Waals surface area contributed by atoms with E-state index in [0.717, 1.165) is 5.56 Å². The molecule has 130 valence electrons. The van der Waals surface area contributed by atoms with E-state index in [4.69, 9.17) is 4.74 Å². The number of benzene rings is 2. The van der Waals surface area contributed by atoms with E-state index in [0.29, 0.717) is 12.2 Å². The number of piperidine rings is 1. The number of rotatable bonds is 2. The maximum absolute atomic E-state index is 13.3. The van der Waals surface area contributed by atoms with Crippen LogP contribution in [0.25, 0.3) is 0 Å². The van der Waals surface area contributed by atoms with E-state index in [1.54, 1.807) is 37.4 Å².